The third kappa shape index (κ3) is 4010. The maximum absolute atomic E-state index is 8.55. The van der Waals surface area contributed by atoms with Gasteiger partial charge < -0.3 is 82.3 Å². The zero-order valence-corrected chi connectivity index (χ0v) is 14.1. The van der Waals surface area contributed by atoms with Crippen molar-refractivity contribution in [2.24, 2.45) is 0 Å². The monoisotopic (exact) mass is 511 g/mol. The van der Waals surface area contributed by atoms with Gasteiger partial charge in [0.1, 0.15) is 0 Å². The van der Waals surface area contributed by atoms with Gasteiger partial charge >= 0.3 is 50.3 Å². The Morgan fingerprint density at radius 2 is 0.381 bits per heavy atom. The molecule has 0 saturated carbocycles. The molecule has 0 aromatic rings. The van der Waals surface area contributed by atoms with Crippen molar-refractivity contribution in [1.82, 2.24) is 0 Å². The molecule has 0 aliphatic carbocycles. The summed E-state index contributed by atoms with van der Waals surface area (Å²) in [5.41, 5.74) is 0. The second-order valence-corrected chi connectivity index (χ2v) is 2.68. The molecule has 0 aromatic heterocycles. The van der Waals surface area contributed by atoms with Crippen LogP contribution in [-0.2, 0) is 59.5 Å². The summed E-state index contributed by atoms with van der Waals surface area (Å²) in [7, 11) is -10.8. The molecule has 3 radical (unpaired) electrons. The fourth-order valence-electron chi connectivity index (χ4n) is 0. The summed E-state index contributed by atoms with van der Waals surface area (Å²) in [6.07, 6.45) is 0. The van der Waals surface area contributed by atoms with Crippen LogP contribution in [0, 0.1) is 0 Å². The average molecular weight is 511 g/mol. The van der Waals surface area contributed by atoms with Gasteiger partial charge in [0, 0.05) is 0 Å². The van der Waals surface area contributed by atoms with Crippen LogP contribution in [0.3, 0.4) is 0 Å². The van der Waals surface area contributed by atoms with E-state index in [4.69, 9.17) is 38.5 Å². The van der Waals surface area contributed by atoms with Crippen LogP contribution in [0.1, 0.15) is 0 Å². The minimum absolute atomic E-state index is 0. The van der Waals surface area contributed by atoms with Crippen LogP contribution < -0.4 is 29.4 Å². The molecule has 0 aliphatic rings. The Balaban J connectivity index is -0.00000000364. The number of rotatable bonds is 0. The van der Waals surface area contributed by atoms with E-state index < -0.39 is 15.6 Å². The summed E-state index contributed by atoms with van der Waals surface area (Å²) >= 11 is 0. The Morgan fingerprint density at radius 3 is 0.381 bits per heavy atom. The van der Waals surface area contributed by atoms with Crippen molar-refractivity contribution in [2.45, 2.75) is 0 Å². The van der Waals surface area contributed by atoms with Crippen LogP contribution in [0.5, 0.6) is 0 Å². The minimum atomic E-state index is -5.39. The summed E-state index contributed by atoms with van der Waals surface area (Å²) in [4.78, 5) is 51.3. The third-order valence-electron chi connectivity index (χ3n) is 0. The van der Waals surface area contributed by atoms with Crippen LogP contribution in [0.4, 0.5) is 0 Å². The van der Waals surface area contributed by atoms with E-state index in [1.807, 2.05) is 0 Å². The standard InChI is InChI=1S/3Co.2H3O4P.8H2O/c;;;2*1-5(2,3)4;;;;;;;;/h;;;2*(H3,1,2,3,4);8*1H2/q3*+2;;;;;;;;;;/p-6. The van der Waals surface area contributed by atoms with E-state index >= 15 is 0 Å². The first-order chi connectivity index (χ1) is 4.00. The summed E-state index contributed by atoms with van der Waals surface area (Å²) in [6, 6.07) is 0. The summed E-state index contributed by atoms with van der Waals surface area (Å²) in [5.74, 6) is 0. The van der Waals surface area contributed by atoms with Gasteiger partial charge in [0.2, 0.25) is 0 Å². The predicted octanol–water partition coefficient (Wildman–Crippen LogP) is -12.3. The van der Waals surface area contributed by atoms with E-state index in [0.717, 1.165) is 0 Å². The predicted molar refractivity (Wildman–Crippen MR) is 44.1 cm³/mol. The topological polar surface area (TPSA) is 424 Å². The van der Waals surface area contributed by atoms with Crippen molar-refractivity contribution >= 4 is 15.6 Å². The first kappa shape index (κ1) is 116. The molecule has 0 heterocycles. The molecule has 0 atom stereocenters. The van der Waals surface area contributed by atoms with Gasteiger partial charge in [0.15, 0.2) is 0 Å². The van der Waals surface area contributed by atoms with Crippen molar-refractivity contribution in [3.63, 3.8) is 0 Å². The maximum Gasteiger partial charge on any atom is 2.00 e. The maximum atomic E-state index is 8.55. The van der Waals surface area contributed by atoms with E-state index in [1.165, 1.54) is 0 Å². The Bertz CT molecular complexity index is 134. The molecule has 0 aliphatic heterocycles. The first-order valence-corrected chi connectivity index (χ1v) is 4.38. The van der Waals surface area contributed by atoms with Crippen LogP contribution in [0.25, 0.3) is 0 Å². The molecule has 0 unspecified atom stereocenters. The molecular weight excluding hydrogens is 495 g/mol. The van der Waals surface area contributed by atoms with Crippen LogP contribution >= 0.6 is 15.6 Å². The van der Waals surface area contributed by atoms with Gasteiger partial charge in [-0.1, -0.05) is 0 Å². The van der Waals surface area contributed by atoms with Crippen LogP contribution in [0.2, 0.25) is 0 Å². The SMILES string of the molecule is O.O.O.O.O.O.O.O.O=P([O-])([O-])[O-].O=P([O-])([O-])[O-].[Co+2].[Co+2].[Co+2]. The quantitative estimate of drug-likeness (QED) is 0.280. The Kier molecular flexibility index (Phi) is 274. The summed E-state index contributed by atoms with van der Waals surface area (Å²) in [6.45, 7) is 0. The molecule has 0 rings (SSSR count). The largest absolute Gasteiger partial charge is 2.00 e. The molecule has 0 spiro atoms. The van der Waals surface area contributed by atoms with Crippen LogP contribution in [0.15, 0.2) is 0 Å². The number of hydrogen-bond acceptors (Lipinski definition) is 8. The molecule has 21 heavy (non-hydrogen) atoms. The zero-order valence-electron chi connectivity index (χ0n) is 9.16. The van der Waals surface area contributed by atoms with Crippen molar-refractivity contribution < 1.29 is 133 Å². The Labute approximate surface area is 148 Å². The normalized spacial score (nSPS) is 5.62. The van der Waals surface area contributed by atoms with Gasteiger partial charge in [-0.2, -0.15) is 15.6 Å². The average Bonchev–Trinajstić information content (AvgIpc) is 1.12. The van der Waals surface area contributed by atoms with Gasteiger partial charge in [-0.25, -0.2) is 0 Å². The summed E-state index contributed by atoms with van der Waals surface area (Å²) in [5, 5.41) is 0. The molecule has 0 amide bonds. The van der Waals surface area contributed by atoms with Gasteiger partial charge in [0.05, 0.1) is 0 Å². The second kappa shape index (κ2) is 49.6. The molecule has 0 fully saturated rings. The molecule has 16 N–H and O–H groups in total. The smallest absolute Gasteiger partial charge is 0.822 e. The van der Waals surface area contributed by atoms with E-state index in [-0.39, 0.29) is 94.1 Å². The van der Waals surface area contributed by atoms with E-state index in [9.17, 15) is 0 Å². The number of phosphoric acid groups is 2. The first-order valence-electron chi connectivity index (χ1n) is 1.46. The van der Waals surface area contributed by atoms with Crippen molar-refractivity contribution in [3.05, 3.63) is 0 Å². The minimum Gasteiger partial charge on any atom is -0.822 e. The Hall–Kier alpha value is 1.42. The fraction of sp³-hybridized carbons (Fsp3) is 0. The molecular formula is H16Co3O16P2. The van der Waals surface area contributed by atoms with Crippen molar-refractivity contribution in [3.8, 4) is 0 Å². The van der Waals surface area contributed by atoms with E-state index in [1.54, 1.807) is 0 Å². The molecule has 0 aromatic carbocycles. The molecule has 149 valence electrons. The molecule has 0 bridgehead atoms. The molecule has 21 heteroatoms. The molecule has 0 saturated heterocycles. The second-order valence-electron chi connectivity index (χ2n) is 0.894. The van der Waals surface area contributed by atoms with E-state index in [0.29, 0.717) is 0 Å². The van der Waals surface area contributed by atoms with Gasteiger partial charge in [-0.3, -0.25) is 0 Å². The Morgan fingerprint density at radius 1 is 0.381 bits per heavy atom. The van der Waals surface area contributed by atoms with Gasteiger partial charge in [-0.15, -0.1) is 0 Å². The van der Waals surface area contributed by atoms with Crippen molar-refractivity contribution in [2.75, 3.05) is 0 Å². The number of hydrogen-bond donors (Lipinski definition) is 0. The van der Waals surface area contributed by atoms with Gasteiger partial charge in [0.25, 0.3) is 0 Å². The summed E-state index contributed by atoms with van der Waals surface area (Å²) < 4.78 is 17.1. The van der Waals surface area contributed by atoms with Crippen LogP contribution in [-0.4, -0.2) is 43.8 Å². The van der Waals surface area contributed by atoms with E-state index in [2.05, 4.69) is 0 Å². The van der Waals surface area contributed by atoms with Gasteiger partial charge in [-0.05, 0) is 0 Å². The van der Waals surface area contributed by atoms with Crippen molar-refractivity contribution in [1.29, 1.82) is 0 Å². The third-order valence-corrected chi connectivity index (χ3v) is 0. The zero-order chi connectivity index (χ0) is 9.00. The molecule has 16 nitrogen and oxygen atoms in total. The fourth-order valence-corrected chi connectivity index (χ4v) is 0.